The fourth-order valence-electron chi connectivity index (χ4n) is 3.85. The summed E-state index contributed by atoms with van der Waals surface area (Å²) >= 11 is 0. The lowest BCUT2D eigenvalue weighted by atomic mass is 10.1. The molecule has 0 aromatic heterocycles. The number of ether oxygens (including phenoxy) is 1. The van der Waals surface area contributed by atoms with Crippen molar-refractivity contribution in [2.45, 2.75) is 25.4 Å². The quantitative estimate of drug-likeness (QED) is 0.790. The topological polar surface area (TPSA) is 61.9 Å². The summed E-state index contributed by atoms with van der Waals surface area (Å²) in [6, 6.07) is 10.4. The van der Waals surface area contributed by atoms with E-state index >= 15 is 0 Å². The number of benzene rings is 2. The number of anilines is 3. The SMILES string of the molecule is O=C(CN1C(=O)COc2ccccc21)Nc1cc(N2CCCCC2)cc(C(F)(F)F)c1. The Morgan fingerprint density at radius 1 is 1.06 bits per heavy atom. The number of para-hydroxylation sites is 2. The van der Waals surface area contributed by atoms with E-state index in [0.29, 0.717) is 30.2 Å². The van der Waals surface area contributed by atoms with E-state index in [0.717, 1.165) is 31.4 Å². The molecule has 2 aliphatic heterocycles. The molecule has 4 rings (SSSR count). The first-order valence-corrected chi connectivity index (χ1v) is 10.1. The summed E-state index contributed by atoms with van der Waals surface area (Å²) in [5.74, 6) is -0.512. The number of nitrogens with zero attached hydrogens (tertiary/aromatic N) is 2. The molecule has 2 heterocycles. The van der Waals surface area contributed by atoms with E-state index in [1.54, 1.807) is 30.3 Å². The standard InChI is InChI=1S/C22H22F3N3O3/c23-22(24,25)15-10-16(12-17(11-15)27-8-4-1-5-9-27)26-20(29)13-28-18-6-2-3-7-19(18)31-14-21(28)30/h2-3,6-7,10-12H,1,4-5,8-9,13-14H2,(H,26,29). The first-order chi connectivity index (χ1) is 14.8. The van der Waals surface area contributed by atoms with Gasteiger partial charge in [0.1, 0.15) is 12.3 Å². The van der Waals surface area contributed by atoms with E-state index in [9.17, 15) is 22.8 Å². The Labute approximate surface area is 177 Å². The molecule has 0 aliphatic carbocycles. The van der Waals surface area contributed by atoms with Crippen molar-refractivity contribution >= 4 is 28.9 Å². The van der Waals surface area contributed by atoms with Crippen LogP contribution in [0.5, 0.6) is 5.75 Å². The van der Waals surface area contributed by atoms with Crippen LogP contribution in [0.3, 0.4) is 0 Å². The summed E-state index contributed by atoms with van der Waals surface area (Å²) in [6.07, 6.45) is -1.66. The molecule has 0 spiro atoms. The number of carbonyl (C=O) groups excluding carboxylic acids is 2. The Hall–Kier alpha value is -3.23. The minimum atomic E-state index is -4.54. The molecular formula is C22H22F3N3O3. The van der Waals surface area contributed by atoms with Crippen molar-refractivity contribution in [1.29, 1.82) is 0 Å². The van der Waals surface area contributed by atoms with Crippen molar-refractivity contribution in [2.24, 2.45) is 0 Å². The highest BCUT2D eigenvalue weighted by Gasteiger charge is 2.32. The van der Waals surface area contributed by atoms with E-state index < -0.39 is 23.6 Å². The van der Waals surface area contributed by atoms with Gasteiger partial charge in [-0.25, -0.2) is 0 Å². The highest BCUT2D eigenvalue weighted by molar-refractivity contribution is 6.05. The summed E-state index contributed by atoms with van der Waals surface area (Å²) in [6.45, 7) is 0.822. The number of piperidine rings is 1. The van der Waals surface area contributed by atoms with Gasteiger partial charge >= 0.3 is 6.18 Å². The van der Waals surface area contributed by atoms with Crippen molar-refractivity contribution in [3.8, 4) is 5.75 Å². The molecule has 0 saturated carbocycles. The molecule has 31 heavy (non-hydrogen) atoms. The monoisotopic (exact) mass is 433 g/mol. The second kappa shape index (κ2) is 8.49. The molecular weight excluding hydrogens is 411 g/mol. The van der Waals surface area contributed by atoms with E-state index in [1.807, 2.05) is 4.90 Å². The zero-order chi connectivity index (χ0) is 22.0. The van der Waals surface area contributed by atoms with Crippen molar-refractivity contribution in [3.63, 3.8) is 0 Å². The maximum atomic E-state index is 13.4. The number of alkyl halides is 3. The predicted molar refractivity (Wildman–Crippen MR) is 110 cm³/mol. The fraction of sp³-hybridized carbons (Fsp3) is 0.364. The van der Waals surface area contributed by atoms with Gasteiger partial charge in [0.05, 0.1) is 11.3 Å². The zero-order valence-electron chi connectivity index (χ0n) is 16.7. The van der Waals surface area contributed by atoms with Gasteiger partial charge in [0.15, 0.2) is 6.61 Å². The highest BCUT2D eigenvalue weighted by Crippen LogP contribution is 2.35. The van der Waals surface area contributed by atoms with Crippen LogP contribution in [-0.2, 0) is 15.8 Å². The molecule has 0 atom stereocenters. The van der Waals surface area contributed by atoms with Crippen LogP contribution in [0.15, 0.2) is 42.5 Å². The number of amides is 2. The Bertz CT molecular complexity index is 987. The number of hydrogen-bond acceptors (Lipinski definition) is 4. The molecule has 1 saturated heterocycles. The molecule has 2 aromatic carbocycles. The average Bonchev–Trinajstić information content (AvgIpc) is 2.75. The lowest BCUT2D eigenvalue weighted by Crippen LogP contribution is -2.43. The maximum absolute atomic E-state index is 13.4. The third-order valence-corrected chi connectivity index (χ3v) is 5.36. The van der Waals surface area contributed by atoms with E-state index in [2.05, 4.69) is 5.32 Å². The first-order valence-electron chi connectivity index (χ1n) is 10.1. The van der Waals surface area contributed by atoms with E-state index in [1.165, 1.54) is 4.90 Å². The Kier molecular flexibility index (Phi) is 5.75. The molecule has 1 fully saturated rings. The summed E-state index contributed by atoms with van der Waals surface area (Å²) in [7, 11) is 0. The van der Waals surface area contributed by atoms with Gasteiger partial charge in [-0.2, -0.15) is 13.2 Å². The number of carbonyl (C=O) groups is 2. The van der Waals surface area contributed by atoms with Crippen LogP contribution in [0.1, 0.15) is 24.8 Å². The lowest BCUT2D eigenvalue weighted by molar-refractivity contribution is -0.137. The zero-order valence-corrected chi connectivity index (χ0v) is 16.7. The number of halogens is 3. The lowest BCUT2D eigenvalue weighted by Gasteiger charge is -2.30. The van der Waals surface area contributed by atoms with Gasteiger partial charge in [-0.1, -0.05) is 12.1 Å². The van der Waals surface area contributed by atoms with Crippen LogP contribution in [0.4, 0.5) is 30.2 Å². The van der Waals surface area contributed by atoms with Crippen LogP contribution < -0.4 is 19.9 Å². The van der Waals surface area contributed by atoms with Crippen molar-refractivity contribution in [1.82, 2.24) is 0 Å². The van der Waals surface area contributed by atoms with Gasteiger partial charge in [0, 0.05) is 24.5 Å². The number of hydrogen-bond donors (Lipinski definition) is 1. The second-order valence-corrected chi connectivity index (χ2v) is 7.60. The molecule has 2 aromatic rings. The Morgan fingerprint density at radius 2 is 1.81 bits per heavy atom. The van der Waals surface area contributed by atoms with Crippen molar-refractivity contribution < 1.29 is 27.5 Å². The summed E-state index contributed by atoms with van der Waals surface area (Å²) in [4.78, 5) is 28.1. The van der Waals surface area contributed by atoms with Crippen LogP contribution in [-0.4, -0.2) is 38.1 Å². The van der Waals surface area contributed by atoms with Gasteiger partial charge in [-0.15, -0.1) is 0 Å². The molecule has 0 radical (unpaired) electrons. The largest absolute Gasteiger partial charge is 0.482 e. The molecule has 0 unspecified atom stereocenters. The first kappa shape index (κ1) is 21.0. The highest BCUT2D eigenvalue weighted by atomic mass is 19.4. The average molecular weight is 433 g/mol. The van der Waals surface area contributed by atoms with Gasteiger partial charge in [-0.3, -0.25) is 14.5 Å². The van der Waals surface area contributed by atoms with Gasteiger partial charge < -0.3 is 15.0 Å². The van der Waals surface area contributed by atoms with E-state index in [4.69, 9.17) is 4.74 Å². The molecule has 2 amide bonds. The molecule has 0 bridgehead atoms. The second-order valence-electron chi connectivity index (χ2n) is 7.60. The summed E-state index contributed by atoms with van der Waals surface area (Å²) in [5, 5.41) is 2.53. The van der Waals surface area contributed by atoms with Crippen LogP contribution >= 0.6 is 0 Å². The van der Waals surface area contributed by atoms with Crippen LogP contribution in [0.2, 0.25) is 0 Å². The van der Waals surface area contributed by atoms with E-state index in [-0.39, 0.29) is 18.8 Å². The number of fused-ring (bicyclic) bond motifs is 1. The van der Waals surface area contributed by atoms with Crippen LogP contribution in [0.25, 0.3) is 0 Å². The fourth-order valence-corrected chi connectivity index (χ4v) is 3.85. The normalized spacial score (nSPS) is 16.5. The van der Waals surface area contributed by atoms with Crippen molar-refractivity contribution in [2.75, 3.05) is 41.4 Å². The Morgan fingerprint density at radius 3 is 2.55 bits per heavy atom. The number of nitrogens with one attached hydrogen (secondary N) is 1. The predicted octanol–water partition coefficient (Wildman–Crippen LogP) is 4.06. The minimum Gasteiger partial charge on any atom is -0.482 e. The summed E-state index contributed by atoms with van der Waals surface area (Å²) < 4.78 is 45.7. The smallest absolute Gasteiger partial charge is 0.416 e. The van der Waals surface area contributed by atoms with Crippen LogP contribution in [0, 0.1) is 0 Å². The number of rotatable bonds is 4. The molecule has 164 valence electrons. The maximum Gasteiger partial charge on any atom is 0.416 e. The molecule has 6 nitrogen and oxygen atoms in total. The Balaban J connectivity index is 1.55. The molecule has 2 aliphatic rings. The van der Waals surface area contributed by atoms with Gasteiger partial charge in [0.2, 0.25) is 5.91 Å². The van der Waals surface area contributed by atoms with Gasteiger partial charge in [0.25, 0.3) is 5.91 Å². The molecule has 9 heteroatoms. The van der Waals surface area contributed by atoms with Gasteiger partial charge in [-0.05, 0) is 49.6 Å². The molecule has 1 N–H and O–H groups in total. The third kappa shape index (κ3) is 4.76. The van der Waals surface area contributed by atoms with Crippen molar-refractivity contribution in [3.05, 3.63) is 48.0 Å². The third-order valence-electron chi connectivity index (χ3n) is 5.36. The summed E-state index contributed by atoms with van der Waals surface area (Å²) in [5.41, 5.74) is 0.109. The minimum absolute atomic E-state index is 0.0504.